The number of urea groups is 1. The Morgan fingerprint density at radius 3 is 2.09 bits per heavy atom. The van der Waals surface area contributed by atoms with Gasteiger partial charge in [-0.15, -0.1) is 0 Å². The molecule has 4 heterocycles. The molecule has 0 unspecified atom stereocenters. The SMILES string of the molecule is O=C(CCCCCNC(=O)CCCC[C@@H]1SC[C@@H]2NC(=O)N[C@@H]21)NCCCCCC(=O)NCCOc1cccc2c1C(=O)N([C@@H]1CCC(=O)NC1=O)C2=O. The Balaban J connectivity index is 0.822. The summed E-state index contributed by atoms with van der Waals surface area (Å²) in [6.07, 6.45) is 8.73. The van der Waals surface area contributed by atoms with E-state index in [1.165, 1.54) is 6.07 Å². The van der Waals surface area contributed by atoms with E-state index in [0.29, 0.717) is 44.0 Å². The van der Waals surface area contributed by atoms with Crippen LogP contribution < -0.4 is 36.6 Å². The molecule has 294 valence electrons. The highest BCUT2D eigenvalue weighted by molar-refractivity contribution is 8.00. The Hall–Kier alpha value is -4.67. The second-order valence-electron chi connectivity index (χ2n) is 14.0. The number of benzene rings is 1. The van der Waals surface area contributed by atoms with Crippen molar-refractivity contribution >= 4 is 59.1 Å². The minimum absolute atomic E-state index is 0.00437. The third kappa shape index (κ3) is 11.2. The van der Waals surface area contributed by atoms with Crippen molar-refractivity contribution in [1.29, 1.82) is 0 Å². The zero-order chi connectivity index (χ0) is 38.5. The Morgan fingerprint density at radius 1 is 0.778 bits per heavy atom. The number of nitrogens with zero attached hydrogens (tertiary/aromatic N) is 1. The number of unbranched alkanes of at least 4 members (excludes halogenated alkanes) is 5. The van der Waals surface area contributed by atoms with Gasteiger partial charge in [0.1, 0.15) is 18.4 Å². The summed E-state index contributed by atoms with van der Waals surface area (Å²) >= 11 is 1.89. The predicted octanol–water partition coefficient (Wildman–Crippen LogP) is 1.66. The van der Waals surface area contributed by atoms with Crippen LogP contribution in [0.4, 0.5) is 4.79 Å². The lowest BCUT2D eigenvalue weighted by atomic mass is 10.0. The molecule has 0 spiro atoms. The van der Waals surface area contributed by atoms with E-state index >= 15 is 0 Å². The molecule has 3 saturated heterocycles. The molecule has 4 aliphatic rings. The number of ether oxygens (including phenoxy) is 1. The summed E-state index contributed by atoms with van der Waals surface area (Å²) < 4.78 is 5.74. The topological polar surface area (TPSA) is 221 Å². The monoisotopic (exact) mass is 769 g/mol. The minimum atomic E-state index is -1.07. The van der Waals surface area contributed by atoms with E-state index in [9.17, 15) is 38.4 Å². The smallest absolute Gasteiger partial charge is 0.315 e. The van der Waals surface area contributed by atoms with Gasteiger partial charge in [0.05, 0.1) is 29.8 Å². The molecule has 9 amide bonds. The van der Waals surface area contributed by atoms with Crippen molar-refractivity contribution < 1.29 is 43.1 Å². The van der Waals surface area contributed by atoms with Crippen molar-refractivity contribution in [1.82, 2.24) is 36.8 Å². The van der Waals surface area contributed by atoms with Gasteiger partial charge in [0.25, 0.3) is 11.8 Å². The van der Waals surface area contributed by atoms with Crippen molar-refractivity contribution in [2.24, 2.45) is 0 Å². The van der Waals surface area contributed by atoms with E-state index in [4.69, 9.17) is 4.74 Å². The number of amides is 9. The van der Waals surface area contributed by atoms with E-state index in [2.05, 4.69) is 31.9 Å². The Kier molecular flexibility index (Phi) is 15.1. The zero-order valence-corrected chi connectivity index (χ0v) is 31.3. The van der Waals surface area contributed by atoms with E-state index in [1.807, 2.05) is 11.8 Å². The van der Waals surface area contributed by atoms with Crippen LogP contribution in [0.15, 0.2) is 18.2 Å². The molecule has 0 aliphatic carbocycles. The van der Waals surface area contributed by atoms with Crippen LogP contribution >= 0.6 is 11.8 Å². The van der Waals surface area contributed by atoms with Crippen molar-refractivity contribution in [2.45, 2.75) is 113 Å². The quantitative estimate of drug-likeness (QED) is 0.0569. The van der Waals surface area contributed by atoms with Crippen LogP contribution in [0.25, 0.3) is 0 Å². The normalized spacial score (nSPS) is 21.6. The summed E-state index contributed by atoms with van der Waals surface area (Å²) in [5.74, 6) is -1.39. The van der Waals surface area contributed by atoms with Gasteiger partial charge in [0, 0.05) is 49.8 Å². The molecule has 0 radical (unpaired) electrons. The molecule has 3 fully saturated rings. The van der Waals surface area contributed by atoms with E-state index in [-0.39, 0.29) is 78.7 Å². The van der Waals surface area contributed by atoms with Crippen molar-refractivity contribution in [3.8, 4) is 5.75 Å². The average Bonchev–Trinajstić information content (AvgIpc) is 3.78. The van der Waals surface area contributed by atoms with E-state index in [1.54, 1.807) is 12.1 Å². The molecule has 17 heteroatoms. The number of carbonyl (C=O) groups is 8. The first-order chi connectivity index (χ1) is 26.1. The van der Waals surface area contributed by atoms with Gasteiger partial charge in [-0.05, 0) is 57.1 Å². The average molecular weight is 770 g/mol. The first-order valence-corrected chi connectivity index (χ1v) is 20.1. The summed E-state index contributed by atoms with van der Waals surface area (Å²) in [7, 11) is 0. The molecule has 54 heavy (non-hydrogen) atoms. The van der Waals surface area contributed by atoms with Crippen LogP contribution in [0.1, 0.15) is 111 Å². The maximum atomic E-state index is 13.2. The summed E-state index contributed by atoms with van der Waals surface area (Å²) in [6.45, 7) is 1.39. The molecule has 1 aromatic rings. The predicted molar refractivity (Wildman–Crippen MR) is 199 cm³/mol. The van der Waals surface area contributed by atoms with Gasteiger partial charge in [-0.2, -0.15) is 11.8 Å². The molecule has 0 aromatic heterocycles. The fourth-order valence-corrected chi connectivity index (χ4v) is 8.67. The molecule has 5 rings (SSSR count). The molecule has 16 nitrogen and oxygen atoms in total. The van der Waals surface area contributed by atoms with E-state index in [0.717, 1.165) is 62.0 Å². The summed E-state index contributed by atoms with van der Waals surface area (Å²) in [5.41, 5.74) is 0.179. The summed E-state index contributed by atoms with van der Waals surface area (Å²) in [6, 6.07) is 3.89. The number of hydrogen-bond acceptors (Lipinski definition) is 10. The van der Waals surface area contributed by atoms with Crippen molar-refractivity contribution in [3.05, 3.63) is 29.3 Å². The Bertz CT molecular complexity index is 1590. The standard InChI is InChI=1S/C37H51N7O9S/c45-28(13-3-1-7-19-39-29(46)15-6-5-12-27-33-24(22-54-27)41-37(52)43-33)38-18-8-2-4-14-30(47)40-20-21-53-26-11-9-10-23-32(26)36(51)44(35(23)50)25-16-17-31(48)42-34(25)49/h9-11,24-25,27,33H,1-8,12-22H2,(H,38,45)(H,39,46)(H,40,47)(H2,41,43,52)(H,42,48,49)/t24-,25+,27-,33-/m0/s1. The van der Waals surface area contributed by atoms with Crippen molar-refractivity contribution in [2.75, 3.05) is 32.0 Å². The molecular weight excluding hydrogens is 719 g/mol. The molecule has 1 aromatic carbocycles. The minimum Gasteiger partial charge on any atom is -0.491 e. The van der Waals surface area contributed by atoms with Crippen LogP contribution in [0, 0.1) is 0 Å². The molecular formula is C37H51N7O9S. The maximum absolute atomic E-state index is 13.2. The van der Waals surface area contributed by atoms with Gasteiger partial charge in [-0.25, -0.2) is 4.79 Å². The number of piperidine rings is 1. The van der Waals surface area contributed by atoms with Gasteiger partial charge >= 0.3 is 6.03 Å². The number of hydrogen-bond donors (Lipinski definition) is 6. The lowest BCUT2D eigenvalue weighted by Crippen LogP contribution is -2.54. The number of fused-ring (bicyclic) bond motifs is 2. The van der Waals surface area contributed by atoms with Crippen LogP contribution in [-0.4, -0.2) is 108 Å². The lowest BCUT2D eigenvalue weighted by molar-refractivity contribution is -0.136. The molecule has 6 N–H and O–H groups in total. The fourth-order valence-electron chi connectivity index (χ4n) is 7.13. The van der Waals surface area contributed by atoms with Crippen LogP contribution in [0.2, 0.25) is 0 Å². The first-order valence-electron chi connectivity index (χ1n) is 19.1. The van der Waals surface area contributed by atoms with Gasteiger partial charge < -0.3 is 31.3 Å². The zero-order valence-electron chi connectivity index (χ0n) is 30.5. The second kappa shape index (κ2) is 20.1. The van der Waals surface area contributed by atoms with Crippen molar-refractivity contribution in [3.63, 3.8) is 0 Å². The van der Waals surface area contributed by atoms with Crippen LogP contribution in [0.5, 0.6) is 5.75 Å². The second-order valence-corrected chi connectivity index (χ2v) is 15.3. The number of thioether (sulfide) groups is 1. The highest BCUT2D eigenvalue weighted by Gasteiger charge is 2.46. The van der Waals surface area contributed by atoms with Gasteiger partial charge in [-0.1, -0.05) is 25.3 Å². The molecule has 4 aliphatic heterocycles. The molecule has 0 saturated carbocycles. The van der Waals surface area contributed by atoms with Gasteiger partial charge in [0.2, 0.25) is 29.5 Å². The van der Waals surface area contributed by atoms with Gasteiger partial charge in [0.15, 0.2) is 0 Å². The first kappa shape index (κ1) is 40.5. The number of carbonyl (C=O) groups excluding carboxylic acids is 8. The van der Waals surface area contributed by atoms with Gasteiger partial charge in [-0.3, -0.25) is 43.8 Å². The van der Waals surface area contributed by atoms with E-state index < -0.39 is 29.7 Å². The Morgan fingerprint density at radius 2 is 1.43 bits per heavy atom. The third-order valence-electron chi connectivity index (χ3n) is 10.00. The molecule has 4 atom stereocenters. The third-order valence-corrected chi connectivity index (χ3v) is 11.5. The maximum Gasteiger partial charge on any atom is 0.315 e. The highest BCUT2D eigenvalue weighted by atomic mass is 32.2. The number of nitrogens with one attached hydrogen (secondary N) is 6. The lowest BCUT2D eigenvalue weighted by Gasteiger charge is -2.27. The van der Waals surface area contributed by atoms with Crippen LogP contribution in [-0.2, 0) is 24.0 Å². The largest absolute Gasteiger partial charge is 0.491 e. The number of imide groups is 2. The molecule has 0 bridgehead atoms. The van der Waals surface area contributed by atoms with Crippen LogP contribution in [0.3, 0.4) is 0 Å². The summed E-state index contributed by atoms with van der Waals surface area (Å²) in [4.78, 5) is 98.9. The number of rotatable bonds is 22. The Labute approximate surface area is 318 Å². The fraction of sp³-hybridized carbons (Fsp3) is 0.622. The summed E-state index contributed by atoms with van der Waals surface area (Å²) in [5, 5.41) is 17.2. The highest BCUT2D eigenvalue weighted by Crippen LogP contribution is 2.34.